The van der Waals surface area contributed by atoms with E-state index in [9.17, 15) is 4.79 Å². The lowest BCUT2D eigenvalue weighted by atomic mass is 9.99. The van der Waals surface area contributed by atoms with Crippen molar-refractivity contribution in [3.8, 4) is 0 Å². The number of piperazine rings is 1. The third kappa shape index (κ3) is 4.78. The van der Waals surface area contributed by atoms with Gasteiger partial charge in [-0.25, -0.2) is 0 Å². The number of halogens is 2. The quantitative estimate of drug-likeness (QED) is 0.454. The molecule has 0 saturated carbocycles. The Labute approximate surface area is 199 Å². The van der Waals surface area contributed by atoms with Gasteiger partial charge in [-0.1, -0.05) is 65.7 Å². The van der Waals surface area contributed by atoms with Crippen LogP contribution in [0.15, 0.2) is 72.8 Å². The number of hydrogen-bond acceptors (Lipinski definition) is 3. The molecule has 0 spiro atoms. The van der Waals surface area contributed by atoms with Gasteiger partial charge in [-0.15, -0.1) is 0 Å². The van der Waals surface area contributed by atoms with Crippen LogP contribution in [0, 0.1) is 6.92 Å². The number of aryl methyl sites for hydroxylation is 1. The van der Waals surface area contributed by atoms with Gasteiger partial charge in [0.25, 0.3) is 5.91 Å². The van der Waals surface area contributed by atoms with Crippen molar-refractivity contribution in [1.29, 1.82) is 0 Å². The molecule has 4 nitrogen and oxygen atoms in total. The van der Waals surface area contributed by atoms with Crippen molar-refractivity contribution in [2.75, 3.05) is 31.6 Å². The van der Waals surface area contributed by atoms with Gasteiger partial charge in [-0.2, -0.15) is 0 Å². The zero-order chi connectivity index (χ0) is 22.7. The summed E-state index contributed by atoms with van der Waals surface area (Å²) in [6.45, 7) is 3.92. The fourth-order valence-electron chi connectivity index (χ4n) is 4.36. The minimum Gasteiger partial charge on any atom is -0.367 e. The maximum Gasteiger partial charge on any atom is 0.256 e. The monoisotopic (exact) mass is 468 g/mol. The molecule has 1 heterocycles. The second kappa shape index (κ2) is 9.95. The molecule has 32 heavy (non-hydrogen) atoms. The third-order valence-electron chi connectivity index (χ3n) is 5.98. The van der Waals surface area contributed by atoms with Gasteiger partial charge in [0.2, 0.25) is 0 Å². The normalized spacial score (nSPS) is 17.3. The summed E-state index contributed by atoms with van der Waals surface area (Å²) in [5, 5.41) is 1.41. The summed E-state index contributed by atoms with van der Waals surface area (Å²) in [6.07, 6.45) is -0.620. The topological polar surface area (TPSA) is 32.8 Å². The number of anilines is 1. The summed E-state index contributed by atoms with van der Waals surface area (Å²) in [5.41, 5.74) is 4.19. The average molecular weight is 469 g/mol. The Hall–Kier alpha value is -2.53. The molecule has 3 aromatic rings. The maximum atomic E-state index is 13.5. The van der Waals surface area contributed by atoms with E-state index in [1.54, 1.807) is 7.11 Å². The van der Waals surface area contributed by atoms with Gasteiger partial charge < -0.3 is 14.5 Å². The number of benzene rings is 3. The predicted octanol–water partition coefficient (Wildman–Crippen LogP) is 6.08. The highest BCUT2D eigenvalue weighted by molar-refractivity contribution is 6.31. The van der Waals surface area contributed by atoms with E-state index < -0.39 is 6.10 Å². The zero-order valence-corrected chi connectivity index (χ0v) is 19.7. The summed E-state index contributed by atoms with van der Waals surface area (Å²) >= 11 is 12.3. The lowest BCUT2D eigenvalue weighted by Gasteiger charge is -2.44. The van der Waals surface area contributed by atoms with E-state index in [2.05, 4.69) is 17.9 Å². The van der Waals surface area contributed by atoms with E-state index in [0.29, 0.717) is 29.7 Å². The van der Waals surface area contributed by atoms with Gasteiger partial charge in [0, 0.05) is 42.5 Å². The molecule has 2 atom stereocenters. The number of ether oxygens (including phenoxy) is 1. The van der Waals surface area contributed by atoms with E-state index >= 15 is 0 Å². The van der Waals surface area contributed by atoms with Gasteiger partial charge >= 0.3 is 0 Å². The number of nitrogens with zero attached hydrogens (tertiary/aromatic N) is 2. The molecule has 166 valence electrons. The average Bonchev–Trinajstić information content (AvgIpc) is 2.80. The van der Waals surface area contributed by atoms with Crippen molar-refractivity contribution in [2.45, 2.75) is 19.1 Å². The molecule has 1 aliphatic rings. The van der Waals surface area contributed by atoms with Crippen LogP contribution in [0.3, 0.4) is 0 Å². The first-order chi connectivity index (χ1) is 15.5. The number of carbonyl (C=O) groups excluding carboxylic acids is 1. The predicted molar refractivity (Wildman–Crippen MR) is 130 cm³/mol. The molecule has 4 rings (SSSR count). The van der Waals surface area contributed by atoms with E-state index in [1.807, 2.05) is 71.6 Å². The van der Waals surface area contributed by atoms with Crippen molar-refractivity contribution in [2.24, 2.45) is 0 Å². The Bertz CT molecular complexity index is 1070. The highest BCUT2D eigenvalue weighted by atomic mass is 35.5. The van der Waals surface area contributed by atoms with Crippen LogP contribution in [-0.4, -0.2) is 37.6 Å². The number of carbonyl (C=O) groups is 1. The van der Waals surface area contributed by atoms with Crippen LogP contribution in [0.2, 0.25) is 10.0 Å². The van der Waals surface area contributed by atoms with Gasteiger partial charge in [0.1, 0.15) is 0 Å². The smallest absolute Gasteiger partial charge is 0.256 e. The number of hydrogen-bond donors (Lipinski definition) is 0. The third-order valence-corrected chi connectivity index (χ3v) is 6.46. The lowest BCUT2D eigenvalue weighted by Crippen LogP contribution is -2.52. The second-order valence-electron chi connectivity index (χ2n) is 8.00. The molecule has 0 N–H and O–H groups in total. The molecule has 1 aliphatic heterocycles. The Balaban J connectivity index is 1.65. The zero-order valence-electron chi connectivity index (χ0n) is 18.2. The summed E-state index contributed by atoms with van der Waals surface area (Å²) in [5.74, 6) is -0.0230. The minimum absolute atomic E-state index is 0.0156. The standard InChI is InChI=1S/C26H26Cl2N2O2/c1-18-16-22(28)12-13-23(18)30-15-14-29(17-24(30)19-8-10-21(27)11-9-19)26(31)25(32-2)20-6-4-3-5-7-20/h3-13,16,24-25H,14-15,17H2,1-2H3. The molecular weight excluding hydrogens is 443 g/mol. The summed E-state index contributed by atoms with van der Waals surface area (Å²) in [7, 11) is 1.58. The Morgan fingerprint density at radius 3 is 2.31 bits per heavy atom. The molecule has 0 aromatic heterocycles. The number of methoxy groups -OCH3 is 1. The molecule has 1 amide bonds. The van der Waals surface area contributed by atoms with Crippen LogP contribution in [0.5, 0.6) is 0 Å². The molecule has 6 heteroatoms. The molecule has 2 unspecified atom stereocenters. The van der Waals surface area contributed by atoms with Gasteiger partial charge in [0.05, 0.1) is 6.04 Å². The molecule has 1 saturated heterocycles. The van der Waals surface area contributed by atoms with Crippen LogP contribution >= 0.6 is 23.2 Å². The van der Waals surface area contributed by atoms with Crippen molar-refractivity contribution >= 4 is 34.8 Å². The highest BCUT2D eigenvalue weighted by Crippen LogP contribution is 2.35. The van der Waals surface area contributed by atoms with Gasteiger partial charge in [-0.3, -0.25) is 4.79 Å². The first-order valence-corrected chi connectivity index (χ1v) is 11.4. The van der Waals surface area contributed by atoms with Crippen molar-refractivity contribution < 1.29 is 9.53 Å². The Kier molecular flexibility index (Phi) is 7.04. The van der Waals surface area contributed by atoms with E-state index in [0.717, 1.165) is 22.4 Å². The molecular formula is C26H26Cl2N2O2. The second-order valence-corrected chi connectivity index (χ2v) is 8.88. The maximum absolute atomic E-state index is 13.5. The highest BCUT2D eigenvalue weighted by Gasteiger charge is 2.34. The summed E-state index contributed by atoms with van der Waals surface area (Å²) in [4.78, 5) is 17.7. The van der Waals surface area contributed by atoms with Crippen LogP contribution in [-0.2, 0) is 9.53 Å². The van der Waals surface area contributed by atoms with E-state index in [1.165, 1.54) is 0 Å². The number of rotatable bonds is 5. The van der Waals surface area contributed by atoms with Crippen molar-refractivity contribution in [3.63, 3.8) is 0 Å². The van der Waals surface area contributed by atoms with Crippen LogP contribution in [0.25, 0.3) is 0 Å². The van der Waals surface area contributed by atoms with Crippen molar-refractivity contribution in [1.82, 2.24) is 4.90 Å². The fourth-order valence-corrected chi connectivity index (χ4v) is 4.71. The first-order valence-electron chi connectivity index (χ1n) is 10.6. The fraction of sp³-hybridized carbons (Fsp3) is 0.269. The van der Waals surface area contributed by atoms with E-state index in [4.69, 9.17) is 27.9 Å². The lowest BCUT2D eigenvalue weighted by molar-refractivity contribution is -0.143. The summed E-state index contributed by atoms with van der Waals surface area (Å²) < 4.78 is 5.61. The van der Waals surface area contributed by atoms with Crippen LogP contribution in [0.4, 0.5) is 5.69 Å². The Morgan fingerprint density at radius 1 is 0.969 bits per heavy atom. The molecule has 0 aliphatic carbocycles. The molecule has 0 bridgehead atoms. The molecule has 0 radical (unpaired) electrons. The largest absolute Gasteiger partial charge is 0.367 e. The molecule has 1 fully saturated rings. The molecule has 3 aromatic carbocycles. The minimum atomic E-state index is -0.620. The summed E-state index contributed by atoms with van der Waals surface area (Å²) in [6, 6.07) is 23.4. The van der Waals surface area contributed by atoms with Gasteiger partial charge in [-0.05, 0) is 53.9 Å². The van der Waals surface area contributed by atoms with Crippen molar-refractivity contribution in [3.05, 3.63) is 99.5 Å². The SMILES string of the molecule is COC(C(=O)N1CCN(c2ccc(Cl)cc2C)C(c2ccc(Cl)cc2)C1)c1ccccc1. The van der Waals surface area contributed by atoms with Gasteiger partial charge in [0.15, 0.2) is 6.10 Å². The Morgan fingerprint density at radius 2 is 1.66 bits per heavy atom. The van der Waals surface area contributed by atoms with Crippen LogP contribution in [0.1, 0.15) is 28.8 Å². The number of amides is 1. The van der Waals surface area contributed by atoms with E-state index in [-0.39, 0.29) is 11.9 Å². The first kappa shape index (κ1) is 22.7. The van der Waals surface area contributed by atoms with Crippen LogP contribution < -0.4 is 4.90 Å².